The monoisotopic (exact) mass is 348 g/mol. The van der Waals surface area contributed by atoms with Crippen LogP contribution in [0.4, 0.5) is 0 Å². The third-order valence-corrected chi connectivity index (χ3v) is 7.99. The summed E-state index contributed by atoms with van der Waals surface area (Å²) in [5.41, 5.74) is -0.402. The number of esters is 1. The van der Waals surface area contributed by atoms with Gasteiger partial charge >= 0.3 is 5.97 Å². The average Bonchev–Trinajstić information content (AvgIpc) is 3.13. The van der Waals surface area contributed by atoms with Crippen molar-refractivity contribution in [2.75, 3.05) is 0 Å². The summed E-state index contributed by atoms with van der Waals surface area (Å²) in [6.45, 7) is 11.2. The smallest absolute Gasteiger partial charge is 0.309 e. The molecular formula is C22H36O3. The Morgan fingerprint density at radius 3 is 2.40 bits per heavy atom. The van der Waals surface area contributed by atoms with Crippen LogP contribution in [-0.4, -0.2) is 17.4 Å². The number of hydrogen-bond acceptors (Lipinski definition) is 3. The molecule has 0 saturated heterocycles. The second-order valence-electron chi connectivity index (χ2n) is 9.58. The van der Waals surface area contributed by atoms with Crippen molar-refractivity contribution in [3.05, 3.63) is 0 Å². The number of carbonyl (C=O) groups is 2. The van der Waals surface area contributed by atoms with Gasteiger partial charge in [0.1, 0.15) is 11.4 Å². The molecule has 0 radical (unpaired) electrons. The normalized spacial score (nSPS) is 38.2. The van der Waals surface area contributed by atoms with Gasteiger partial charge in [-0.2, -0.15) is 0 Å². The van der Waals surface area contributed by atoms with Crippen molar-refractivity contribution in [3.63, 3.8) is 0 Å². The minimum atomic E-state index is -0.402. The maximum Gasteiger partial charge on any atom is 0.309 e. The van der Waals surface area contributed by atoms with Crippen LogP contribution in [-0.2, 0) is 14.3 Å². The van der Waals surface area contributed by atoms with Crippen molar-refractivity contribution in [3.8, 4) is 0 Å². The van der Waals surface area contributed by atoms with Crippen LogP contribution in [0.5, 0.6) is 0 Å². The van der Waals surface area contributed by atoms with Gasteiger partial charge < -0.3 is 4.74 Å². The van der Waals surface area contributed by atoms with E-state index in [4.69, 9.17) is 4.74 Å². The van der Waals surface area contributed by atoms with E-state index in [1.807, 2.05) is 0 Å². The van der Waals surface area contributed by atoms with E-state index in [1.165, 1.54) is 6.42 Å². The molecule has 0 aromatic heterocycles. The van der Waals surface area contributed by atoms with Crippen LogP contribution in [0.2, 0.25) is 0 Å². The van der Waals surface area contributed by atoms with Crippen molar-refractivity contribution in [1.82, 2.24) is 0 Å². The SMILES string of the molecule is CCC(C)(OC(=O)C1CC2CC1C(C)C2C(C)C)C1CCC(=O)CC1. The molecule has 0 heterocycles. The Morgan fingerprint density at radius 1 is 1.24 bits per heavy atom. The van der Waals surface area contributed by atoms with Crippen LogP contribution in [0.3, 0.4) is 0 Å². The van der Waals surface area contributed by atoms with Crippen LogP contribution in [0.1, 0.15) is 79.6 Å². The molecule has 3 aliphatic carbocycles. The number of rotatable bonds is 5. The van der Waals surface area contributed by atoms with Crippen LogP contribution < -0.4 is 0 Å². The number of Topliss-reactive ketones (excluding diaryl/α,β-unsaturated/α-hetero) is 1. The molecule has 6 atom stereocenters. The fourth-order valence-corrected chi connectivity index (χ4v) is 6.44. The first kappa shape index (κ1) is 18.9. The summed E-state index contributed by atoms with van der Waals surface area (Å²) < 4.78 is 6.19. The Bertz CT molecular complexity index is 513. The summed E-state index contributed by atoms with van der Waals surface area (Å²) >= 11 is 0. The molecule has 3 saturated carbocycles. The molecule has 6 unspecified atom stereocenters. The molecule has 0 N–H and O–H groups in total. The maximum atomic E-state index is 13.0. The van der Waals surface area contributed by atoms with Crippen LogP contribution >= 0.6 is 0 Å². The molecule has 25 heavy (non-hydrogen) atoms. The van der Waals surface area contributed by atoms with Crippen molar-refractivity contribution < 1.29 is 14.3 Å². The molecule has 3 aliphatic rings. The topological polar surface area (TPSA) is 43.4 Å². The van der Waals surface area contributed by atoms with Crippen LogP contribution in [0.15, 0.2) is 0 Å². The third-order valence-electron chi connectivity index (χ3n) is 7.99. The zero-order chi connectivity index (χ0) is 18.4. The maximum absolute atomic E-state index is 13.0. The highest BCUT2D eigenvalue weighted by Gasteiger charge is 2.54. The third kappa shape index (κ3) is 3.40. The second kappa shape index (κ2) is 7.04. The first-order chi connectivity index (χ1) is 11.8. The number of fused-ring (bicyclic) bond motifs is 2. The lowest BCUT2D eigenvalue weighted by molar-refractivity contribution is -0.174. The van der Waals surface area contributed by atoms with Gasteiger partial charge in [-0.15, -0.1) is 0 Å². The number of ketones is 1. The van der Waals surface area contributed by atoms with Gasteiger partial charge in [-0.1, -0.05) is 27.7 Å². The molecule has 0 aromatic carbocycles. The first-order valence-electron chi connectivity index (χ1n) is 10.5. The van der Waals surface area contributed by atoms with Gasteiger partial charge in [-0.05, 0) is 74.5 Å². The minimum Gasteiger partial charge on any atom is -0.459 e. The zero-order valence-corrected chi connectivity index (χ0v) is 16.7. The highest BCUT2D eigenvalue weighted by atomic mass is 16.6. The average molecular weight is 349 g/mol. The van der Waals surface area contributed by atoms with E-state index in [0.29, 0.717) is 48.2 Å². The zero-order valence-electron chi connectivity index (χ0n) is 16.7. The van der Waals surface area contributed by atoms with E-state index in [-0.39, 0.29) is 11.9 Å². The van der Waals surface area contributed by atoms with Gasteiger partial charge in [0.2, 0.25) is 0 Å². The number of ether oxygens (including phenoxy) is 1. The molecule has 3 rings (SSSR count). The van der Waals surface area contributed by atoms with E-state index in [0.717, 1.165) is 31.6 Å². The molecule has 0 aromatic rings. The van der Waals surface area contributed by atoms with Gasteiger partial charge in [-0.25, -0.2) is 0 Å². The van der Waals surface area contributed by atoms with Gasteiger partial charge in [0.05, 0.1) is 5.92 Å². The predicted molar refractivity (Wildman–Crippen MR) is 98.9 cm³/mol. The Labute approximate surface area is 153 Å². The van der Waals surface area contributed by atoms with E-state index in [2.05, 4.69) is 34.6 Å². The first-order valence-corrected chi connectivity index (χ1v) is 10.5. The summed E-state index contributed by atoms with van der Waals surface area (Å²) in [4.78, 5) is 24.6. The lowest BCUT2D eigenvalue weighted by Gasteiger charge is -2.41. The van der Waals surface area contributed by atoms with Crippen LogP contribution in [0, 0.1) is 41.4 Å². The van der Waals surface area contributed by atoms with Crippen molar-refractivity contribution in [2.24, 2.45) is 41.4 Å². The molecule has 0 amide bonds. The van der Waals surface area contributed by atoms with E-state index in [9.17, 15) is 9.59 Å². The lowest BCUT2D eigenvalue weighted by atomic mass is 9.70. The molecule has 2 bridgehead atoms. The van der Waals surface area contributed by atoms with E-state index in [1.54, 1.807) is 0 Å². The minimum absolute atomic E-state index is 0.0443. The highest BCUT2D eigenvalue weighted by Crippen LogP contribution is 2.57. The summed E-state index contributed by atoms with van der Waals surface area (Å²) in [6, 6.07) is 0. The van der Waals surface area contributed by atoms with E-state index < -0.39 is 5.60 Å². The molecule has 3 fully saturated rings. The molecule has 3 nitrogen and oxygen atoms in total. The Balaban J connectivity index is 1.65. The quantitative estimate of drug-likeness (QED) is 0.655. The van der Waals surface area contributed by atoms with Crippen molar-refractivity contribution in [2.45, 2.75) is 85.2 Å². The molecule has 0 spiro atoms. The largest absolute Gasteiger partial charge is 0.459 e. The number of carbonyl (C=O) groups excluding carboxylic acids is 2. The highest BCUT2D eigenvalue weighted by molar-refractivity contribution is 5.79. The molecule has 142 valence electrons. The van der Waals surface area contributed by atoms with Gasteiger partial charge in [0.25, 0.3) is 0 Å². The summed E-state index contributed by atoms with van der Waals surface area (Å²) in [5.74, 6) is 4.18. The predicted octanol–water partition coefficient (Wildman–Crippen LogP) is 5.02. The Hall–Kier alpha value is -0.860. The van der Waals surface area contributed by atoms with E-state index >= 15 is 0 Å². The standard InChI is InChI=1S/C22H36O3/c1-6-22(5,16-7-9-17(23)10-8-16)25-21(24)19-12-15-11-18(19)14(4)20(15)13(2)3/h13-16,18-20H,6-12H2,1-5H3. The van der Waals surface area contributed by atoms with Gasteiger partial charge in [0.15, 0.2) is 0 Å². The van der Waals surface area contributed by atoms with Crippen molar-refractivity contribution in [1.29, 1.82) is 0 Å². The summed E-state index contributed by atoms with van der Waals surface area (Å²) in [6.07, 6.45) is 6.13. The lowest BCUT2D eigenvalue weighted by Crippen LogP contribution is -2.44. The van der Waals surface area contributed by atoms with Gasteiger partial charge in [0, 0.05) is 12.8 Å². The number of hydrogen-bond donors (Lipinski definition) is 0. The summed E-state index contributed by atoms with van der Waals surface area (Å²) in [7, 11) is 0. The molecular weight excluding hydrogens is 312 g/mol. The fraction of sp³-hybridized carbons (Fsp3) is 0.909. The Kier molecular flexibility index (Phi) is 5.33. The van der Waals surface area contributed by atoms with Gasteiger partial charge in [-0.3, -0.25) is 9.59 Å². The molecule has 0 aliphatic heterocycles. The fourth-order valence-electron chi connectivity index (χ4n) is 6.44. The Morgan fingerprint density at radius 2 is 1.88 bits per heavy atom. The molecule has 3 heteroatoms. The summed E-state index contributed by atoms with van der Waals surface area (Å²) in [5, 5.41) is 0. The second-order valence-corrected chi connectivity index (χ2v) is 9.58. The van der Waals surface area contributed by atoms with Crippen molar-refractivity contribution >= 4 is 11.8 Å². The van der Waals surface area contributed by atoms with Crippen LogP contribution in [0.25, 0.3) is 0 Å².